The van der Waals surface area contributed by atoms with Gasteiger partial charge < -0.3 is 14.2 Å². The highest BCUT2D eigenvalue weighted by atomic mass is 16.5. The fourth-order valence-electron chi connectivity index (χ4n) is 1.86. The molecule has 0 radical (unpaired) electrons. The summed E-state index contributed by atoms with van der Waals surface area (Å²) in [6, 6.07) is 15.6. The Hall–Kier alpha value is -2.16. The van der Waals surface area contributed by atoms with Crippen LogP contribution in [0.15, 0.2) is 48.5 Å². The van der Waals surface area contributed by atoms with Crippen LogP contribution >= 0.6 is 0 Å². The fourth-order valence-corrected chi connectivity index (χ4v) is 1.86. The monoisotopic (exact) mass is 272 g/mol. The first-order chi connectivity index (χ1) is 9.79. The lowest BCUT2D eigenvalue weighted by Crippen LogP contribution is -2.09. The molecule has 0 amide bonds. The molecule has 3 heteroatoms. The van der Waals surface area contributed by atoms with Gasteiger partial charge in [0, 0.05) is 0 Å². The average molecular weight is 272 g/mol. The third-order valence-corrected chi connectivity index (χ3v) is 2.75. The third kappa shape index (κ3) is 4.19. The summed E-state index contributed by atoms with van der Waals surface area (Å²) in [6.07, 6.45) is 0. The van der Waals surface area contributed by atoms with E-state index < -0.39 is 0 Å². The molecule has 0 aromatic heterocycles. The summed E-state index contributed by atoms with van der Waals surface area (Å²) in [7, 11) is 0. The molecule has 0 fully saturated rings. The van der Waals surface area contributed by atoms with E-state index in [0.29, 0.717) is 19.8 Å². The second-order valence-corrected chi connectivity index (χ2v) is 4.39. The van der Waals surface area contributed by atoms with Crippen LogP contribution < -0.4 is 14.2 Å². The van der Waals surface area contributed by atoms with Crippen LogP contribution in [0.1, 0.15) is 12.5 Å². The van der Waals surface area contributed by atoms with Crippen molar-refractivity contribution in [3.63, 3.8) is 0 Å². The predicted molar refractivity (Wildman–Crippen MR) is 79.8 cm³/mol. The molecule has 0 aliphatic heterocycles. The summed E-state index contributed by atoms with van der Waals surface area (Å²) in [5.41, 5.74) is 1.19. The van der Waals surface area contributed by atoms with Crippen LogP contribution in [0, 0.1) is 6.92 Å². The Labute approximate surface area is 120 Å². The standard InChI is InChI=1S/C17H20O3/c1-3-18-16-9-4-5-10-17(16)20-12-11-19-15-8-6-7-14(2)13-15/h4-10,13H,3,11-12H2,1-2H3. The van der Waals surface area contributed by atoms with E-state index in [2.05, 4.69) is 0 Å². The summed E-state index contributed by atoms with van der Waals surface area (Å²) in [4.78, 5) is 0. The van der Waals surface area contributed by atoms with E-state index in [0.717, 1.165) is 17.2 Å². The SMILES string of the molecule is CCOc1ccccc1OCCOc1cccc(C)c1. The van der Waals surface area contributed by atoms with Gasteiger partial charge in [-0.05, 0) is 43.7 Å². The molecule has 2 rings (SSSR count). The van der Waals surface area contributed by atoms with Gasteiger partial charge in [0.05, 0.1) is 6.61 Å². The van der Waals surface area contributed by atoms with E-state index in [9.17, 15) is 0 Å². The first-order valence-corrected chi connectivity index (χ1v) is 6.83. The Bertz CT molecular complexity index is 537. The van der Waals surface area contributed by atoms with Crippen molar-refractivity contribution in [1.29, 1.82) is 0 Å². The number of benzene rings is 2. The van der Waals surface area contributed by atoms with Gasteiger partial charge in [-0.25, -0.2) is 0 Å². The molecular weight excluding hydrogens is 252 g/mol. The molecule has 0 N–H and O–H groups in total. The minimum absolute atomic E-state index is 0.484. The maximum atomic E-state index is 5.69. The zero-order valence-corrected chi connectivity index (χ0v) is 12.0. The van der Waals surface area contributed by atoms with E-state index in [1.54, 1.807) is 0 Å². The number of hydrogen-bond donors (Lipinski definition) is 0. The van der Waals surface area contributed by atoms with Crippen LogP contribution in [0.2, 0.25) is 0 Å². The molecule has 0 heterocycles. The third-order valence-electron chi connectivity index (χ3n) is 2.75. The van der Waals surface area contributed by atoms with Crippen molar-refractivity contribution in [2.45, 2.75) is 13.8 Å². The molecule has 0 saturated heterocycles. The maximum absolute atomic E-state index is 5.69. The first-order valence-electron chi connectivity index (χ1n) is 6.83. The second kappa shape index (κ2) is 7.43. The number of para-hydroxylation sites is 2. The summed E-state index contributed by atoms with van der Waals surface area (Å²) in [5.74, 6) is 2.39. The van der Waals surface area contributed by atoms with Crippen molar-refractivity contribution in [3.8, 4) is 17.2 Å². The summed E-state index contributed by atoms with van der Waals surface area (Å²) in [6.45, 7) is 5.61. The van der Waals surface area contributed by atoms with Crippen molar-refractivity contribution in [2.75, 3.05) is 19.8 Å². The van der Waals surface area contributed by atoms with Crippen molar-refractivity contribution in [1.82, 2.24) is 0 Å². The zero-order chi connectivity index (χ0) is 14.2. The van der Waals surface area contributed by atoms with E-state index in [4.69, 9.17) is 14.2 Å². The van der Waals surface area contributed by atoms with Gasteiger partial charge >= 0.3 is 0 Å². The van der Waals surface area contributed by atoms with Crippen LogP contribution in [0.4, 0.5) is 0 Å². The molecule has 0 unspecified atom stereocenters. The first kappa shape index (κ1) is 14.3. The minimum Gasteiger partial charge on any atom is -0.490 e. The molecule has 20 heavy (non-hydrogen) atoms. The lowest BCUT2D eigenvalue weighted by molar-refractivity contribution is 0.208. The summed E-state index contributed by atoms with van der Waals surface area (Å²) < 4.78 is 16.8. The maximum Gasteiger partial charge on any atom is 0.161 e. The molecule has 0 bridgehead atoms. The second-order valence-electron chi connectivity index (χ2n) is 4.39. The topological polar surface area (TPSA) is 27.7 Å². The molecule has 2 aromatic rings. The van der Waals surface area contributed by atoms with Gasteiger partial charge in [0.1, 0.15) is 19.0 Å². The van der Waals surface area contributed by atoms with Crippen molar-refractivity contribution in [2.24, 2.45) is 0 Å². The highest BCUT2D eigenvalue weighted by molar-refractivity contribution is 5.39. The Kier molecular flexibility index (Phi) is 5.30. The Morgan fingerprint density at radius 3 is 2.20 bits per heavy atom. The van der Waals surface area contributed by atoms with E-state index in [1.807, 2.05) is 62.4 Å². The van der Waals surface area contributed by atoms with E-state index in [1.165, 1.54) is 5.56 Å². The summed E-state index contributed by atoms with van der Waals surface area (Å²) in [5, 5.41) is 0. The van der Waals surface area contributed by atoms with Crippen LogP contribution in [0.5, 0.6) is 17.2 Å². The van der Waals surface area contributed by atoms with Crippen molar-refractivity contribution >= 4 is 0 Å². The number of hydrogen-bond acceptors (Lipinski definition) is 3. The normalized spacial score (nSPS) is 10.1. The molecule has 0 spiro atoms. The molecule has 106 valence electrons. The van der Waals surface area contributed by atoms with Crippen molar-refractivity contribution < 1.29 is 14.2 Å². The van der Waals surface area contributed by atoms with Crippen LogP contribution in [-0.4, -0.2) is 19.8 Å². The van der Waals surface area contributed by atoms with Gasteiger partial charge in [0.15, 0.2) is 11.5 Å². The number of aryl methyl sites for hydroxylation is 1. The lowest BCUT2D eigenvalue weighted by Gasteiger charge is -2.12. The van der Waals surface area contributed by atoms with Crippen LogP contribution in [-0.2, 0) is 0 Å². The molecule has 0 aliphatic rings. The van der Waals surface area contributed by atoms with Gasteiger partial charge in [-0.15, -0.1) is 0 Å². The smallest absolute Gasteiger partial charge is 0.161 e. The number of ether oxygens (including phenoxy) is 3. The number of rotatable bonds is 7. The van der Waals surface area contributed by atoms with Gasteiger partial charge in [0.25, 0.3) is 0 Å². The summed E-state index contributed by atoms with van der Waals surface area (Å²) >= 11 is 0. The quantitative estimate of drug-likeness (QED) is 0.716. The largest absolute Gasteiger partial charge is 0.490 e. The Morgan fingerprint density at radius 2 is 1.50 bits per heavy atom. The van der Waals surface area contributed by atoms with Crippen LogP contribution in [0.3, 0.4) is 0 Å². The molecule has 3 nitrogen and oxygen atoms in total. The predicted octanol–water partition coefficient (Wildman–Crippen LogP) is 3.85. The fraction of sp³-hybridized carbons (Fsp3) is 0.294. The molecule has 0 atom stereocenters. The van der Waals surface area contributed by atoms with E-state index in [-0.39, 0.29) is 0 Å². The highest BCUT2D eigenvalue weighted by Gasteiger charge is 2.03. The van der Waals surface area contributed by atoms with Gasteiger partial charge in [0.2, 0.25) is 0 Å². The van der Waals surface area contributed by atoms with E-state index >= 15 is 0 Å². The van der Waals surface area contributed by atoms with Gasteiger partial charge in [-0.3, -0.25) is 0 Å². The lowest BCUT2D eigenvalue weighted by atomic mass is 10.2. The molecule has 0 saturated carbocycles. The molecule has 2 aromatic carbocycles. The molecular formula is C17H20O3. The molecule has 0 aliphatic carbocycles. The minimum atomic E-state index is 0.484. The van der Waals surface area contributed by atoms with Gasteiger partial charge in [-0.2, -0.15) is 0 Å². The average Bonchev–Trinajstić information content (AvgIpc) is 2.46. The Morgan fingerprint density at radius 1 is 0.800 bits per heavy atom. The van der Waals surface area contributed by atoms with Crippen molar-refractivity contribution in [3.05, 3.63) is 54.1 Å². The zero-order valence-electron chi connectivity index (χ0n) is 12.0. The van der Waals surface area contributed by atoms with Gasteiger partial charge in [-0.1, -0.05) is 24.3 Å². The Balaban J connectivity index is 1.81. The van der Waals surface area contributed by atoms with Crippen LogP contribution in [0.25, 0.3) is 0 Å². The highest BCUT2D eigenvalue weighted by Crippen LogP contribution is 2.26.